The fourth-order valence-electron chi connectivity index (χ4n) is 4.69. The zero-order chi connectivity index (χ0) is 29.1. The van der Waals surface area contributed by atoms with Crippen molar-refractivity contribution >= 4 is 11.3 Å². The fraction of sp³-hybridized carbons (Fsp3) is 0.355. The van der Waals surface area contributed by atoms with Crippen molar-refractivity contribution in [2.45, 2.75) is 72.3 Å². The lowest BCUT2D eigenvalue weighted by Crippen LogP contribution is -2.30. The highest BCUT2D eigenvalue weighted by Crippen LogP contribution is 2.30. The Balaban J connectivity index is 1.47. The number of hydrogen-bond acceptors (Lipinski definition) is 8. The minimum absolute atomic E-state index is 0.0273. The molecule has 2 aromatic carbocycles. The number of nitrogens with zero attached hydrogens (tertiary/aromatic N) is 5. The van der Waals surface area contributed by atoms with Crippen molar-refractivity contribution in [2.75, 3.05) is 0 Å². The van der Waals surface area contributed by atoms with E-state index in [1.807, 2.05) is 60.0 Å². The van der Waals surface area contributed by atoms with E-state index < -0.39 is 5.76 Å². The first kappa shape index (κ1) is 28.4. The molecule has 41 heavy (non-hydrogen) atoms. The van der Waals surface area contributed by atoms with Gasteiger partial charge < -0.3 is 0 Å². The van der Waals surface area contributed by atoms with Crippen LogP contribution in [0.15, 0.2) is 62.6 Å². The summed E-state index contributed by atoms with van der Waals surface area (Å²) < 4.78 is 6.52. The number of rotatable bonds is 9. The molecule has 0 saturated heterocycles. The third-order valence-corrected chi connectivity index (χ3v) is 8.32. The van der Waals surface area contributed by atoms with Crippen molar-refractivity contribution < 1.29 is 4.52 Å². The number of aromatic amines is 1. The molecule has 0 amide bonds. The summed E-state index contributed by atoms with van der Waals surface area (Å²) in [4.78, 5) is 33.0. The Labute approximate surface area is 242 Å². The van der Waals surface area contributed by atoms with Gasteiger partial charge in [-0.1, -0.05) is 87.8 Å². The highest BCUT2D eigenvalue weighted by molar-refractivity contribution is 7.11. The molecule has 0 aliphatic carbocycles. The van der Waals surface area contributed by atoms with E-state index >= 15 is 0 Å². The summed E-state index contributed by atoms with van der Waals surface area (Å²) in [6, 6.07) is 15.8. The van der Waals surface area contributed by atoms with Crippen LogP contribution in [0.1, 0.15) is 73.2 Å². The maximum atomic E-state index is 13.9. The molecule has 0 saturated carbocycles. The molecular weight excluding hydrogens is 536 g/mol. The minimum atomic E-state index is -0.596. The third-order valence-electron chi connectivity index (χ3n) is 6.97. The third kappa shape index (κ3) is 6.27. The molecule has 0 bridgehead atoms. The summed E-state index contributed by atoms with van der Waals surface area (Å²) in [6.07, 6.45) is 3.12. The predicted octanol–water partition coefficient (Wildman–Crippen LogP) is 5.69. The quantitative estimate of drug-likeness (QED) is 0.242. The molecule has 0 unspecified atom stereocenters. The Kier molecular flexibility index (Phi) is 8.12. The Hall–Kier alpha value is -4.18. The van der Waals surface area contributed by atoms with Gasteiger partial charge in [0.25, 0.3) is 5.56 Å². The molecule has 212 valence electrons. The molecule has 10 heteroatoms. The summed E-state index contributed by atoms with van der Waals surface area (Å²) in [7, 11) is 0. The van der Waals surface area contributed by atoms with Gasteiger partial charge in [0.1, 0.15) is 15.8 Å². The highest BCUT2D eigenvalue weighted by atomic mass is 32.1. The van der Waals surface area contributed by atoms with Crippen LogP contribution in [0.25, 0.3) is 22.5 Å². The summed E-state index contributed by atoms with van der Waals surface area (Å²) >= 11 is 1.55. The molecule has 3 heterocycles. The molecule has 0 atom stereocenters. The van der Waals surface area contributed by atoms with Gasteiger partial charge in [0.05, 0.1) is 6.54 Å². The molecule has 5 rings (SSSR count). The van der Waals surface area contributed by atoms with E-state index in [-0.39, 0.29) is 11.0 Å². The molecule has 1 N–H and O–H groups in total. The highest BCUT2D eigenvalue weighted by Gasteiger charge is 2.22. The zero-order valence-electron chi connectivity index (χ0n) is 24.0. The maximum absolute atomic E-state index is 13.9. The molecule has 9 nitrogen and oxygen atoms in total. The van der Waals surface area contributed by atoms with Gasteiger partial charge >= 0.3 is 5.76 Å². The SMILES string of the molecule is CCCCc1nc(C)c(Cc2nnc(C(C)(C)C)s2)c(=O)n1Cc1ccc(-c2ccccc2-c2noc(=O)[nH]2)cc1. The van der Waals surface area contributed by atoms with Crippen LogP contribution in [0.5, 0.6) is 0 Å². The predicted molar refractivity (Wildman–Crippen MR) is 160 cm³/mol. The van der Waals surface area contributed by atoms with Gasteiger partial charge in [0, 0.05) is 35.1 Å². The maximum Gasteiger partial charge on any atom is 0.439 e. The number of hydrogen-bond donors (Lipinski definition) is 1. The van der Waals surface area contributed by atoms with Crippen molar-refractivity contribution in [3.63, 3.8) is 0 Å². The second kappa shape index (κ2) is 11.7. The smallest absolute Gasteiger partial charge is 0.296 e. The topological polar surface area (TPSA) is 120 Å². The van der Waals surface area contributed by atoms with Crippen LogP contribution >= 0.6 is 11.3 Å². The van der Waals surface area contributed by atoms with E-state index in [1.54, 1.807) is 11.3 Å². The summed E-state index contributed by atoms with van der Waals surface area (Å²) in [5, 5.41) is 14.4. The summed E-state index contributed by atoms with van der Waals surface area (Å²) in [6.45, 7) is 10.8. The van der Waals surface area contributed by atoms with E-state index in [4.69, 9.17) is 9.51 Å². The number of H-pyrrole nitrogens is 1. The van der Waals surface area contributed by atoms with Crippen molar-refractivity contribution in [1.82, 2.24) is 29.9 Å². The van der Waals surface area contributed by atoms with Crippen LogP contribution in [-0.2, 0) is 24.8 Å². The summed E-state index contributed by atoms with van der Waals surface area (Å²) in [5.41, 5.74) is 4.92. The number of unbranched alkanes of at least 4 members (excludes halogenated alkanes) is 1. The second-order valence-corrected chi connectivity index (χ2v) is 12.3. The molecule has 0 aliphatic heterocycles. The van der Waals surface area contributed by atoms with Crippen LogP contribution < -0.4 is 11.3 Å². The molecule has 0 spiro atoms. The van der Waals surface area contributed by atoms with Gasteiger partial charge in [-0.15, -0.1) is 21.5 Å². The first-order valence-corrected chi connectivity index (χ1v) is 14.6. The van der Waals surface area contributed by atoms with Crippen molar-refractivity contribution in [3.05, 3.63) is 102 Å². The van der Waals surface area contributed by atoms with E-state index in [2.05, 4.69) is 48.0 Å². The average molecular weight is 571 g/mol. The van der Waals surface area contributed by atoms with Gasteiger partial charge in [-0.2, -0.15) is 0 Å². The molecule has 3 aromatic heterocycles. The van der Waals surface area contributed by atoms with Gasteiger partial charge in [-0.25, -0.2) is 9.78 Å². The van der Waals surface area contributed by atoms with Crippen LogP contribution in [0.2, 0.25) is 0 Å². The molecule has 0 fully saturated rings. The van der Waals surface area contributed by atoms with Crippen molar-refractivity contribution in [1.29, 1.82) is 0 Å². The normalized spacial score (nSPS) is 11.7. The van der Waals surface area contributed by atoms with Gasteiger partial charge in [0.2, 0.25) is 0 Å². The van der Waals surface area contributed by atoms with Crippen LogP contribution in [0, 0.1) is 6.92 Å². The van der Waals surface area contributed by atoms with E-state index in [1.165, 1.54) is 0 Å². The first-order valence-electron chi connectivity index (χ1n) is 13.8. The van der Waals surface area contributed by atoms with Gasteiger partial charge in [-0.05, 0) is 30.0 Å². The standard InChI is InChI=1S/C31H34N6O3S/c1-6-7-12-25-32-19(2)24(17-26-34-35-29(41-26)31(3,4)5)28(38)37(25)18-20-13-15-21(16-14-20)22-10-8-9-11-23(22)27-33-30(39)40-36-27/h8-11,13-16H,6-7,12,17-18H2,1-5H3,(H,33,36,39). The average Bonchev–Trinajstić information content (AvgIpc) is 3.61. The van der Waals surface area contributed by atoms with Crippen molar-refractivity contribution in [2.24, 2.45) is 0 Å². The second-order valence-electron chi connectivity index (χ2n) is 11.2. The Morgan fingerprint density at radius 1 is 1.00 bits per heavy atom. The number of nitrogens with one attached hydrogen (secondary N) is 1. The first-order chi connectivity index (χ1) is 19.6. The Morgan fingerprint density at radius 2 is 1.73 bits per heavy atom. The lowest BCUT2D eigenvalue weighted by molar-refractivity contribution is 0.388. The van der Waals surface area contributed by atoms with E-state index in [0.717, 1.165) is 63.0 Å². The van der Waals surface area contributed by atoms with Crippen LogP contribution in [0.4, 0.5) is 0 Å². The molecule has 0 radical (unpaired) electrons. The number of benzene rings is 2. The van der Waals surface area contributed by atoms with E-state index in [9.17, 15) is 9.59 Å². The Bertz CT molecular complexity index is 1770. The monoisotopic (exact) mass is 570 g/mol. The lowest BCUT2D eigenvalue weighted by Gasteiger charge is -2.16. The zero-order valence-corrected chi connectivity index (χ0v) is 24.8. The van der Waals surface area contributed by atoms with E-state index in [0.29, 0.717) is 24.4 Å². The van der Waals surface area contributed by atoms with Crippen LogP contribution in [0.3, 0.4) is 0 Å². The largest absolute Gasteiger partial charge is 0.439 e. The summed E-state index contributed by atoms with van der Waals surface area (Å²) in [5.74, 6) is 0.585. The van der Waals surface area contributed by atoms with Crippen molar-refractivity contribution in [3.8, 4) is 22.5 Å². The molecule has 0 aliphatic rings. The molecule has 5 aromatic rings. The van der Waals surface area contributed by atoms with Gasteiger partial charge in [-0.3, -0.25) is 18.9 Å². The number of aryl methyl sites for hydroxylation is 2. The fourth-order valence-corrected chi connectivity index (χ4v) is 5.60. The lowest BCUT2D eigenvalue weighted by atomic mass is 9.98. The minimum Gasteiger partial charge on any atom is -0.296 e. The van der Waals surface area contributed by atoms with Gasteiger partial charge in [0.15, 0.2) is 5.82 Å². The molecular formula is C31H34N6O3S. The van der Waals surface area contributed by atoms with Crippen LogP contribution in [-0.4, -0.2) is 29.9 Å². The Morgan fingerprint density at radius 3 is 2.37 bits per heavy atom. The number of aromatic nitrogens is 6.